The number of carbonyl (C=O) groups excluding carboxylic acids is 2. The van der Waals surface area contributed by atoms with Gasteiger partial charge in [-0.2, -0.15) is 0 Å². The van der Waals surface area contributed by atoms with Crippen molar-refractivity contribution >= 4 is 11.6 Å². The topological polar surface area (TPSA) is 34.1 Å². The van der Waals surface area contributed by atoms with E-state index in [1.165, 1.54) is 0 Å². The second kappa shape index (κ2) is 2.43. The van der Waals surface area contributed by atoms with Crippen LogP contribution >= 0.6 is 0 Å². The molecule has 72 valence electrons. The predicted octanol–water partition coefficient (Wildman–Crippen LogP) is 1.83. The number of rotatable bonds is 0. The standard InChI is InChI=1S/C11H16O2/c1-11(2,3)9-8(12)5-6-4-7(6)10(9)13/h6-7,9H,4-5H2,1-3H3. The van der Waals surface area contributed by atoms with E-state index in [-0.39, 0.29) is 28.8 Å². The third-order valence-corrected chi connectivity index (χ3v) is 3.22. The van der Waals surface area contributed by atoms with E-state index < -0.39 is 0 Å². The lowest BCUT2D eigenvalue weighted by atomic mass is 9.71. The van der Waals surface area contributed by atoms with Crippen molar-refractivity contribution in [3.05, 3.63) is 0 Å². The van der Waals surface area contributed by atoms with Gasteiger partial charge >= 0.3 is 0 Å². The van der Waals surface area contributed by atoms with Gasteiger partial charge in [0.2, 0.25) is 0 Å². The van der Waals surface area contributed by atoms with Gasteiger partial charge in [0, 0.05) is 12.3 Å². The number of Topliss-reactive ketones (excluding diaryl/α,β-unsaturated/α-hetero) is 2. The highest BCUT2D eigenvalue weighted by molar-refractivity contribution is 6.08. The second-order valence-corrected chi connectivity index (χ2v) is 5.47. The molecule has 3 unspecified atom stereocenters. The van der Waals surface area contributed by atoms with Crippen LogP contribution in [0.5, 0.6) is 0 Å². The molecule has 0 bridgehead atoms. The van der Waals surface area contributed by atoms with Crippen LogP contribution in [0, 0.1) is 23.2 Å². The van der Waals surface area contributed by atoms with E-state index in [4.69, 9.17) is 0 Å². The third kappa shape index (κ3) is 1.32. The Kier molecular flexibility index (Phi) is 1.67. The number of hydrogen-bond donors (Lipinski definition) is 0. The maximum absolute atomic E-state index is 11.8. The number of fused-ring (bicyclic) bond motifs is 1. The van der Waals surface area contributed by atoms with Crippen LogP contribution in [-0.2, 0) is 9.59 Å². The predicted molar refractivity (Wildman–Crippen MR) is 49.2 cm³/mol. The van der Waals surface area contributed by atoms with Gasteiger partial charge in [0.1, 0.15) is 11.6 Å². The van der Waals surface area contributed by atoms with Crippen LogP contribution in [0.15, 0.2) is 0 Å². The van der Waals surface area contributed by atoms with Crippen molar-refractivity contribution in [1.82, 2.24) is 0 Å². The van der Waals surface area contributed by atoms with Crippen LogP contribution < -0.4 is 0 Å². The zero-order valence-electron chi connectivity index (χ0n) is 8.46. The summed E-state index contributed by atoms with van der Waals surface area (Å²) < 4.78 is 0. The molecular formula is C11H16O2. The van der Waals surface area contributed by atoms with Crippen LogP contribution in [0.4, 0.5) is 0 Å². The van der Waals surface area contributed by atoms with Crippen molar-refractivity contribution in [3.63, 3.8) is 0 Å². The van der Waals surface area contributed by atoms with Gasteiger partial charge < -0.3 is 0 Å². The molecule has 0 aromatic heterocycles. The molecule has 0 aromatic rings. The van der Waals surface area contributed by atoms with E-state index in [0.717, 1.165) is 6.42 Å². The highest BCUT2D eigenvalue weighted by atomic mass is 16.2. The molecule has 2 aliphatic rings. The monoisotopic (exact) mass is 180 g/mol. The fraction of sp³-hybridized carbons (Fsp3) is 0.818. The zero-order chi connectivity index (χ0) is 9.80. The summed E-state index contributed by atoms with van der Waals surface area (Å²) >= 11 is 0. The Morgan fingerprint density at radius 3 is 2.38 bits per heavy atom. The summed E-state index contributed by atoms with van der Waals surface area (Å²) in [5.74, 6) is 0.724. The molecule has 0 aliphatic heterocycles. The van der Waals surface area contributed by atoms with E-state index in [1.54, 1.807) is 0 Å². The van der Waals surface area contributed by atoms with Crippen molar-refractivity contribution in [3.8, 4) is 0 Å². The van der Waals surface area contributed by atoms with Crippen molar-refractivity contribution in [1.29, 1.82) is 0 Å². The van der Waals surface area contributed by atoms with Gasteiger partial charge in [-0.3, -0.25) is 9.59 Å². The van der Waals surface area contributed by atoms with E-state index in [1.807, 2.05) is 20.8 Å². The van der Waals surface area contributed by atoms with Crippen molar-refractivity contribution < 1.29 is 9.59 Å². The molecule has 0 spiro atoms. The molecule has 0 N–H and O–H groups in total. The molecular weight excluding hydrogens is 164 g/mol. The fourth-order valence-corrected chi connectivity index (χ4v) is 2.48. The highest BCUT2D eigenvalue weighted by Crippen LogP contribution is 2.51. The van der Waals surface area contributed by atoms with Gasteiger partial charge in [0.25, 0.3) is 0 Å². The molecule has 0 aromatic carbocycles. The average Bonchev–Trinajstić information content (AvgIpc) is 2.62. The summed E-state index contributed by atoms with van der Waals surface area (Å²) in [6.07, 6.45) is 1.62. The minimum absolute atomic E-state index is 0.177. The number of hydrogen-bond acceptors (Lipinski definition) is 2. The molecule has 2 fully saturated rings. The van der Waals surface area contributed by atoms with Crippen LogP contribution in [-0.4, -0.2) is 11.6 Å². The molecule has 2 saturated carbocycles. The number of carbonyl (C=O) groups is 2. The van der Waals surface area contributed by atoms with E-state index >= 15 is 0 Å². The summed E-state index contributed by atoms with van der Waals surface area (Å²) in [6.45, 7) is 5.95. The van der Waals surface area contributed by atoms with E-state index in [9.17, 15) is 9.59 Å². The first-order valence-electron chi connectivity index (χ1n) is 4.97. The lowest BCUT2D eigenvalue weighted by Gasteiger charge is -2.30. The molecule has 13 heavy (non-hydrogen) atoms. The largest absolute Gasteiger partial charge is 0.299 e. The van der Waals surface area contributed by atoms with Gasteiger partial charge in [-0.25, -0.2) is 0 Å². The average molecular weight is 180 g/mol. The molecule has 0 amide bonds. The number of ketones is 2. The lowest BCUT2D eigenvalue weighted by molar-refractivity contribution is -0.140. The molecule has 0 saturated heterocycles. The first-order chi connectivity index (χ1) is 5.91. The third-order valence-electron chi connectivity index (χ3n) is 3.22. The quantitative estimate of drug-likeness (QED) is 0.533. The van der Waals surface area contributed by atoms with Crippen LogP contribution in [0.1, 0.15) is 33.6 Å². The molecule has 0 heterocycles. The normalized spacial score (nSPS) is 38.8. The van der Waals surface area contributed by atoms with Gasteiger partial charge in [-0.05, 0) is 17.8 Å². The second-order valence-electron chi connectivity index (χ2n) is 5.47. The SMILES string of the molecule is CC(C)(C)C1C(=O)CC2CC2C1=O. The van der Waals surface area contributed by atoms with Gasteiger partial charge in [0.15, 0.2) is 0 Å². The minimum atomic E-state index is -0.323. The van der Waals surface area contributed by atoms with Gasteiger partial charge in [-0.1, -0.05) is 20.8 Å². The molecule has 3 atom stereocenters. The maximum atomic E-state index is 11.8. The smallest absolute Gasteiger partial charge is 0.147 e. The summed E-state index contributed by atoms with van der Waals surface area (Å²) in [5, 5.41) is 0. The zero-order valence-corrected chi connectivity index (χ0v) is 8.46. The van der Waals surface area contributed by atoms with Gasteiger partial charge in [-0.15, -0.1) is 0 Å². The first kappa shape index (κ1) is 8.92. The Labute approximate surface area is 78.7 Å². The maximum Gasteiger partial charge on any atom is 0.147 e. The first-order valence-corrected chi connectivity index (χ1v) is 4.97. The van der Waals surface area contributed by atoms with Crippen LogP contribution in [0.3, 0.4) is 0 Å². The Hall–Kier alpha value is -0.660. The molecule has 2 aliphatic carbocycles. The Morgan fingerprint density at radius 2 is 1.85 bits per heavy atom. The Balaban J connectivity index is 2.25. The molecule has 2 heteroatoms. The van der Waals surface area contributed by atoms with E-state index in [2.05, 4.69) is 0 Å². The summed E-state index contributed by atoms with van der Waals surface area (Å²) in [6, 6.07) is 0. The van der Waals surface area contributed by atoms with Crippen molar-refractivity contribution in [2.45, 2.75) is 33.6 Å². The highest BCUT2D eigenvalue weighted by Gasteiger charge is 2.55. The lowest BCUT2D eigenvalue weighted by Crippen LogP contribution is -2.39. The summed E-state index contributed by atoms with van der Waals surface area (Å²) in [4.78, 5) is 23.5. The Morgan fingerprint density at radius 1 is 1.23 bits per heavy atom. The van der Waals surface area contributed by atoms with Crippen molar-refractivity contribution in [2.75, 3.05) is 0 Å². The van der Waals surface area contributed by atoms with Crippen LogP contribution in [0.2, 0.25) is 0 Å². The minimum Gasteiger partial charge on any atom is -0.299 e. The van der Waals surface area contributed by atoms with E-state index in [0.29, 0.717) is 12.3 Å². The molecule has 0 radical (unpaired) electrons. The van der Waals surface area contributed by atoms with Gasteiger partial charge in [0.05, 0.1) is 5.92 Å². The van der Waals surface area contributed by atoms with Crippen molar-refractivity contribution in [2.24, 2.45) is 23.2 Å². The fourth-order valence-electron chi connectivity index (χ4n) is 2.48. The van der Waals surface area contributed by atoms with Crippen LogP contribution in [0.25, 0.3) is 0 Å². The Bertz CT molecular complexity index is 272. The summed E-state index contributed by atoms with van der Waals surface area (Å²) in [5.41, 5.74) is -0.179. The molecule has 2 nitrogen and oxygen atoms in total. The molecule has 2 rings (SSSR count). The summed E-state index contributed by atoms with van der Waals surface area (Å²) in [7, 11) is 0.